The minimum absolute atomic E-state index is 0.564. The van der Waals surface area contributed by atoms with Crippen LogP contribution in [0.2, 0.25) is 0 Å². The number of hydrogen-bond donors (Lipinski definition) is 2. The molecule has 1 saturated heterocycles. The highest BCUT2D eigenvalue weighted by atomic mass is 15.1. The molecule has 2 atom stereocenters. The van der Waals surface area contributed by atoms with Crippen LogP contribution in [0.1, 0.15) is 44.6 Å². The maximum atomic E-state index is 3.69. The molecule has 118 valence electrons. The third kappa shape index (κ3) is 5.68. The molecular weight excluding hydrogens is 258 g/mol. The highest BCUT2D eigenvalue weighted by molar-refractivity contribution is 5.45. The van der Waals surface area contributed by atoms with E-state index in [0.717, 1.165) is 6.54 Å². The summed E-state index contributed by atoms with van der Waals surface area (Å²) in [5.41, 5.74) is 2.62. The molecular formula is C18H31N3. The first kappa shape index (κ1) is 16.3. The Morgan fingerprint density at radius 1 is 1.19 bits per heavy atom. The van der Waals surface area contributed by atoms with E-state index in [-0.39, 0.29) is 0 Å². The van der Waals surface area contributed by atoms with Crippen LogP contribution in [0, 0.1) is 0 Å². The highest BCUT2D eigenvalue weighted by Crippen LogP contribution is 2.14. The van der Waals surface area contributed by atoms with Gasteiger partial charge in [0.1, 0.15) is 0 Å². The molecule has 0 aliphatic carbocycles. The van der Waals surface area contributed by atoms with Crippen molar-refractivity contribution in [3.63, 3.8) is 0 Å². The Labute approximate surface area is 130 Å². The van der Waals surface area contributed by atoms with E-state index in [1.807, 2.05) is 0 Å². The summed E-state index contributed by atoms with van der Waals surface area (Å²) < 4.78 is 0. The van der Waals surface area contributed by atoms with Gasteiger partial charge in [-0.2, -0.15) is 0 Å². The SMILES string of the molecule is CC(CC1CCCCCN1)NCc1ccc(N(C)C)cc1. The second-order valence-electron chi connectivity index (χ2n) is 6.58. The molecule has 21 heavy (non-hydrogen) atoms. The Hall–Kier alpha value is -1.06. The summed E-state index contributed by atoms with van der Waals surface area (Å²) in [6, 6.07) is 10.1. The maximum Gasteiger partial charge on any atom is 0.0361 e. The first-order chi connectivity index (χ1) is 10.1. The first-order valence-electron chi connectivity index (χ1n) is 8.38. The first-order valence-corrected chi connectivity index (χ1v) is 8.38. The van der Waals surface area contributed by atoms with Crippen LogP contribution in [0.5, 0.6) is 0 Å². The van der Waals surface area contributed by atoms with Gasteiger partial charge in [-0.25, -0.2) is 0 Å². The summed E-state index contributed by atoms with van der Waals surface area (Å²) >= 11 is 0. The molecule has 0 bridgehead atoms. The van der Waals surface area contributed by atoms with Crippen LogP contribution in [0.3, 0.4) is 0 Å². The summed E-state index contributed by atoms with van der Waals surface area (Å²) in [5, 5.41) is 7.35. The van der Waals surface area contributed by atoms with E-state index in [0.29, 0.717) is 12.1 Å². The lowest BCUT2D eigenvalue weighted by atomic mass is 10.0. The van der Waals surface area contributed by atoms with E-state index >= 15 is 0 Å². The molecule has 2 rings (SSSR count). The van der Waals surface area contributed by atoms with Gasteiger partial charge in [-0.1, -0.05) is 25.0 Å². The molecule has 1 heterocycles. The average molecular weight is 289 g/mol. The van der Waals surface area contributed by atoms with Gasteiger partial charge in [0.05, 0.1) is 0 Å². The standard InChI is InChI=1S/C18H31N3/c1-15(13-17-7-5-4-6-12-19-17)20-14-16-8-10-18(11-9-16)21(2)3/h8-11,15,17,19-20H,4-7,12-14H2,1-3H3. The summed E-state index contributed by atoms with van der Waals surface area (Å²) in [4.78, 5) is 2.14. The second-order valence-corrected chi connectivity index (χ2v) is 6.58. The summed E-state index contributed by atoms with van der Waals surface area (Å²) in [6.07, 6.45) is 6.69. The Kier molecular flexibility index (Phi) is 6.52. The van der Waals surface area contributed by atoms with Gasteiger partial charge in [-0.05, 0) is 50.4 Å². The predicted molar refractivity (Wildman–Crippen MR) is 91.9 cm³/mol. The van der Waals surface area contributed by atoms with Crippen LogP contribution >= 0.6 is 0 Å². The number of nitrogens with zero attached hydrogens (tertiary/aromatic N) is 1. The normalized spacial score (nSPS) is 20.8. The van der Waals surface area contributed by atoms with Crippen LogP contribution in [-0.2, 0) is 6.54 Å². The van der Waals surface area contributed by atoms with Gasteiger partial charge in [0, 0.05) is 38.4 Å². The highest BCUT2D eigenvalue weighted by Gasteiger charge is 2.14. The quantitative estimate of drug-likeness (QED) is 0.842. The van der Waals surface area contributed by atoms with Crippen molar-refractivity contribution in [2.45, 2.75) is 57.7 Å². The zero-order chi connectivity index (χ0) is 15.1. The van der Waals surface area contributed by atoms with Gasteiger partial charge in [-0.15, -0.1) is 0 Å². The van der Waals surface area contributed by atoms with E-state index < -0.39 is 0 Å². The fourth-order valence-electron chi connectivity index (χ4n) is 3.02. The van der Waals surface area contributed by atoms with Gasteiger partial charge in [0.15, 0.2) is 0 Å². The zero-order valence-electron chi connectivity index (χ0n) is 13.9. The molecule has 1 aliphatic rings. The van der Waals surface area contributed by atoms with E-state index in [1.165, 1.54) is 49.9 Å². The van der Waals surface area contributed by atoms with Gasteiger partial charge in [0.2, 0.25) is 0 Å². The molecule has 0 aromatic heterocycles. The molecule has 0 radical (unpaired) electrons. The van der Waals surface area contributed by atoms with Crippen molar-refractivity contribution in [1.82, 2.24) is 10.6 Å². The van der Waals surface area contributed by atoms with Crippen LogP contribution in [0.4, 0.5) is 5.69 Å². The third-order valence-corrected chi connectivity index (χ3v) is 4.41. The van der Waals surface area contributed by atoms with Gasteiger partial charge in [0.25, 0.3) is 0 Å². The zero-order valence-corrected chi connectivity index (χ0v) is 13.9. The van der Waals surface area contributed by atoms with E-state index in [2.05, 4.69) is 60.8 Å². The van der Waals surface area contributed by atoms with Crippen molar-refractivity contribution < 1.29 is 0 Å². The van der Waals surface area contributed by atoms with Crippen molar-refractivity contribution >= 4 is 5.69 Å². The molecule has 3 heteroatoms. The molecule has 2 N–H and O–H groups in total. The lowest BCUT2D eigenvalue weighted by Gasteiger charge is -2.21. The second kappa shape index (κ2) is 8.40. The van der Waals surface area contributed by atoms with Crippen molar-refractivity contribution in [3.05, 3.63) is 29.8 Å². The van der Waals surface area contributed by atoms with Crippen LogP contribution in [0.25, 0.3) is 0 Å². The Morgan fingerprint density at radius 3 is 2.67 bits per heavy atom. The van der Waals surface area contributed by atoms with Crippen molar-refractivity contribution in [3.8, 4) is 0 Å². The topological polar surface area (TPSA) is 27.3 Å². The van der Waals surface area contributed by atoms with Crippen molar-refractivity contribution in [2.24, 2.45) is 0 Å². The largest absolute Gasteiger partial charge is 0.378 e. The van der Waals surface area contributed by atoms with Gasteiger partial charge < -0.3 is 15.5 Å². The fraction of sp³-hybridized carbons (Fsp3) is 0.667. The van der Waals surface area contributed by atoms with Crippen LogP contribution < -0.4 is 15.5 Å². The smallest absolute Gasteiger partial charge is 0.0361 e. The minimum atomic E-state index is 0.564. The molecule has 2 unspecified atom stereocenters. The van der Waals surface area contributed by atoms with Crippen molar-refractivity contribution in [1.29, 1.82) is 0 Å². The molecule has 1 aromatic carbocycles. The molecule has 1 fully saturated rings. The summed E-state index contributed by atoms with van der Waals surface area (Å²) in [6.45, 7) is 4.46. The Bertz CT molecular complexity index is 391. The average Bonchev–Trinajstić information content (AvgIpc) is 2.74. The lowest BCUT2D eigenvalue weighted by molar-refractivity contribution is 0.402. The Morgan fingerprint density at radius 2 is 1.95 bits per heavy atom. The Balaban J connectivity index is 1.73. The molecule has 3 nitrogen and oxygen atoms in total. The number of anilines is 1. The molecule has 1 aromatic rings. The molecule has 1 aliphatic heterocycles. The van der Waals surface area contributed by atoms with E-state index in [9.17, 15) is 0 Å². The van der Waals surface area contributed by atoms with Crippen molar-refractivity contribution in [2.75, 3.05) is 25.5 Å². The van der Waals surface area contributed by atoms with Crippen LogP contribution in [0.15, 0.2) is 24.3 Å². The third-order valence-electron chi connectivity index (χ3n) is 4.41. The van der Waals surface area contributed by atoms with Crippen LogP contribution in [-0.4, -0.2) is 32.7 Å². The number of rotatable bonds is 6. The van der Waals surface area contributed by atoms with Gasteiger partial charge in [-0.3, -0.25) is 0 Å². The number of hydrogen-bond acceptors (Lipinski definition) is 3. The lowest BCUT2D eigenvalue weighted by Crippen LogP contribution is -2.36. The monoisotopic (exact) mass is 289 g/mol. The minimum Gasteiger partial charge on any atom is -0.378 e. The molecule has 0 saturated carbocycles. The summed E-state index contributed by atoms with van der Waals surface area (Å²) in [7, 11) is 4.16. The molecule has 0 spiro atoms. The predicted octanol–water partition coefficient (Wildman–Crippen LogP) is 3.15. The van der Waals surface area contributed by atoms with Gasteiger partial charge >= 0.3 is 0 Å². The number of nitrogens with one attached hydrogen (secondary N) is 2. The molecule has 0 amide bonds. The van der Waals surface area contributed by atoms with E-state index in [1.54, 1.807) is 0 Å². The number of benzene rings is 1. The summed E-state index contributed by atoms with van der Waals surface area (Å²) in [5.74, 6) is 0. The maximum absolute atomic E-state index is 3.69. The van der Waals surface area contributed by atoms with E-state index in [4.69, 9.17) is 0 Å². The fourth-order valence-corrected chi connectivity index (χ4v) is 3.02.